The van der Waals surface area contributed by atoms with Gasteiger partial charge >= 0.3 is 0 Å². The van der Waals surface area contributed by atoms with Crippen molar-refractivity contribution >= 4 is 24.2 Å². The summed E-state index contributed by atoms with van der Waals surface area (Å²) in [5, 5.41) is 6.10. The van der Waals surface area contributed by atoms with Gasteiger partial charge in [-0.1, -0.05) is 0 Å². The lowest BCUT2D eigenvalue weighted by Crippen LogP contribution is -2.37. The van der Waals surface area contributed by atoms with Gasteiger partial charge in [0.1, 0.15) is 5.69 Å². The van der Waals surface area contributed by atoms with Crippen LogP contribution in [0.3, 0.4) is 0 Å². The summed E-state index contributed by atoms with van der Waals surface area (Å²) in [6.45, 7) is 1.60. The molecule has 0 bridgehead atoms. The third-order valence-corrected chi connectivity index (χ3v) is 2.95. The number of nitrogens with two attached hydrogens (primary N) is 1. The smallest absolute Gasteiger partial charge is 0.269 e. The molecule has 2 rings (SSSR count). The SMILES string of the molecule is Cl.NC(=O)c1ccc(C(=O)NCC2CCCN2)nc1. The quantitative estimate of drug-likeness (QED) is 0.730. The van der Waals surface area contributed by atoms with Crippen LogP contribution in [-0.2, 0) is 0 Å². The Morgan fingerprint density at radius 2 is 2.26 bits per heavy atom. The lowest BCUT2D eigenvalue weighted by molar-refractivity contribution is 0.0942. The van der Waals surface area contributed by atoms with E-state index in [9.17, 15) is 9.59 Å². The molecule has 0 radical (unpaired) electrons. The number of halogens is 1. The number of nitrogens with zero attached hydrogens (tertiary/aromatic N) is 1. The number of amides is 2. The molecule has 0 aromatic carbocycles. The van der Waals surface area contributed by atoms with E-state index in [0.717, 1.165) is 19.4 Å². The van der Waals surface area contributed by atoms with Gasteiger partial charge in [-0.25, -0.2) is 0 Å². The molecule has 19 heavy (non-hydrogen) atoms. The van der Waals surface area contributed by atoms with Crippen LogP contribution in [0, 0.1) is 0 Å². The lowest BCUT2D eigenvalue weighted by atomic mass is 10.2. The van der Waals surface area contributed by atoms with E-state index < -0.39 is 5.91 Å². The van der Waals surface area contributed by atoms with Gasteiger partial charge in [0.05, 0.1) is 5.56 Å². The fraction of sp³-hybridized carbons (Fsp3) is 0.417. The topological polar surface area (TPSA) is 97.1 Å². The summed E-state index contributed by atoms with van der Waals surface area (Å²) >= 11 is 0. The average molecular weight is 285 g/mol. The molecule has 1 aromatic rings. The predicted molar refractivity (Wildman–Crippen MR) is 73.4 cm³/mol. The second kappa shape index (κ2) is 7.06. The molecule has 6 nitrogen and oxygen atoms in total. The summed E-state index contributed by atoms with van der Waals surface area (Å²) in [4.78, 5) is 26.5. The molecule has 1 atom stereocenters. The monoisotopic (exact) mass is 284 g/mol. The maximum absolute atomic E-state index is 11.8. The van der Waals surface area contributed by atoms with E-state index in [2.05, 4.69) is 15.6 Å². The Bertz CT molecular complexity index is 444. The highest BCUT2D eigenvalue weighted by molar-refractivity contribution is 5.95. The number of carbonyl (C=O) groups excluding carboxylic acids is 2. The summed E-state index contributed by atoms with van der Waals surface area (Å²) in [7, 11) is 0. The van der Waals surface area contributed by atoms with Gasteiger partial charge < -0.3 is 16.4 Å². The average Bonchev–Trinajstić information content (AvgIpc) is 2.89. The number of carbonyl (C=O) groups is 2. The number of hydrogen-bond donors (Lipinski definition) is 3. The first-order valence-corrected chi connectivity index (χ1v) is 5.94. The lowest BCUT2D eigenvalue weighted by Gasteiger charge is -2.11. The van der Waals surface area contributed by atoms with Crippen molar-refractivity contribution in [2.75, 3.05) is 13.1 Å². The van der Waals surface area contributed by atoms with Crippen LogP contribution in [0.2, 0.25) is 0 Å². The number of aromatic nitrogens is 1. The summed E-state index contributed by atoms with van der Waals surface area (Å²) in [5.41, 5.74) is 5.68. The number of primary amides is 1. The Balaban J connectivity index is 0.00000180. The second-order valence-electron chi connectivity index (χ2n) is 4.30. The molecule has 0 saturated carbocycles. The molecule has 7 heteroatoms. The highest BCUT2D eigenvalue weighted by Crippen LogP contribution is 2.04. The van der Waals surface area contributed by atoms with E-state index in [-0.39, 0.29) is 24.0 Å². The van der Waals surface area contributed by atoms with Crippen LogP contribution in [0.5, 0.6) is 0 Å². The van der Waals surface area contributed by atoms with Gasteiger partial charge in [-0.05, 0) is 31.5 Å². The van der Waals surface area contributed by atoms with Crippen molar-refractivity contribution in [1.29, 1.82) is 0 Å². The van der Waals surface area contributed by atoms with E-state index >= 15 is 0 Å². The highest BCUT2D eigenvalue weighted by atomic mass is 35.5. The zero-order valence-corrected chi connectivity index (χ0v) is 11.2. The number of hydrogen-bond acceptors (Lipinski definition) is 4. The van der Waals surface area contributed by atoms with E-state index in [0.29, 0.717) is 18.2 Å². The molecule has 2 heterocycles. The molecule has 2 amide bonds. The molecular formula is C12H17ClN4O2. The minimum Gasteiger partial charge on any atom is -0.366 e. The van der Waals surface area contributed by atoms with E-state index in [1.807, 2.05) is 0 Å². The van der Waals surface area contributed by atoms with Crippen molar-refractivity contribution in [3.63, 3.8) is 0 Å². The summed E-state index contributed by atoms with van der Waals surface area (Å²) in [6, 6.07) is 3.34. The maximum atomic E-state index is 11.8. The minimum atomic E-state index is -0.551. The number of rotatable bonds is 4. The normalized spacial score (nSPS) is 17.6. The van der Waals surface area contributed by atoms with Crippen LogP contribution in [-0.4, -0.2) is 35.9 Å². The third-order valence-electron chi connectivity index (χ3n) is 2.95. The van der Waals surface area contributed by atoms with Gasteiger partial charge in [0.25, 0.3) is 5.91 Å². The fourth-order valence-corrected chi connectivity index (χ4v) is 1.91. The first-order chi connectivity index (χ1) is 8.66. The van der Waals surface area contributed by atoms with Crippen LogP contribution >= 0.6 is 12.4 Å². The van der Waals surface area contributed by atoms with Gasteiger partial charge in [0.15, 0.2) is 0 Å². The molecule has 1 saturated heterocycles. The minimum absolute atomic E-state index is 0. The predicted octanol–water partition coefficient (Wildman–Crippen LogP) is 0.0841. The van der Waals surface area contributed by atoms with Gasteiger partial charge in [0, 0.05) is 18.8 Å². The molecule has 0 spiro atoms. The van der Waals surface area contributed by atoms with Gasteiger partial charge in [-0.2, -0.15) is 0 Å². The number of pyridine rings is 1. The van der Waals surface area contributed by atoms with Crippen LogP contribution in [0.4, 0.5) is 0 Å². The van der Waals surface area contributed by atoms with Crippen molar-refractivity contribution in [2.45, 2.75) is 18.9 Å². The first-order valence-electron chi connectivity index (χ1n) is 5.94. The molecular weight excluding hydrogens is 268 g/mol. The van der Waals surface area contributed by atoms with Crippen LogP contribution < -0.4 is 16.4 Å². The third kappa shape index (κ3) is 4.18. The molecule has 1 aromatic heterocycles. The van der Waals surface area contributed by atoms with E-state index in [1.54, 1.807) is 0 Å². The van der Waals surface area contributed by atoms with Crippen LogP contribution in [0.15, 0.2) is 18.3 Å². The zero-order chi connectivity index (χ0) is 13.0. The Morgan fingerprint density at radius 1 is 1.47 bits per heavy atom. The Hall–Kier alpha value is -1.66. The molecule has 1 aliphatic heterocycles. The van der Waals surface area contributed by atoms with Crippen molar-refractivity contribution < 1.29 is 9.59 Å². The van der Waals surface area contributed by atoms with Crippen molar-refractivity contribution in [1.82, 2.24) is 15.6 Å². The fourth-order valence-electron chi connectivity index (χ4n) is 1.91. The molecule has 1 fully saturated rings. The van der Waals surface area contributed by atoms with Gasteiger partial charge in [0.2, 0.25) is 5.91 Å². The Morgan fingerprint density at radius 3 is 2.79 bits per heavy atom. The van der Waals surface area contributed by atoms with E-state index in [4.69, 9.17) is 5.73 Å². The van der Waals surface area contributed by atoms with E-state index in [1.165, 1.54) is 18.3 Å². The van der Waals surface area contributed by atoms with Crippen molar-refractivity contribution in [3.8, 4) is 0 Å². The Labute approximate surface area is 117 Å². The molecule has 104 valence electrons. The number of nitrogens with one attached hydrogen (secondary N) is 2. The first kappa shape index (κ1) is 15.4. The zero-order valence-electron chi connectivity index (χ0n) is 10.4. The van der Waals surface area contributed by atoms with Crippen molar-refractivity contribution in [2.24, 2.45) is 5.73 Å². The standard InChI is InChI=1S/C12H16N4O2.ClH/c13-11(17)8-3-4-10(15-6-8)12(18)16-7-9-2-1-5-14-9;/h3-4,6,9,14H,1-2,5,7H2,(H2,13,17)(H,16,18);1H. The van der Waals surface area contributed by atoms with Crippen LogP contribution in [0.1, 0.15) is 33.7 Å². The summed E-state index contributed by atoms with van der Waals surface area (Å²) in [6.07, 6.45) is 3.53. The molecule has 1 unspecified atom stereocenters. The molecule has 0 aliphatic carbocycles. The largest absolute Gasteiger partial charge is 0.366 e. The van der Waals surface area contributed by atoms with Gasteiger partial charge in [-0.15, -0.1) is 12.4 Å². The van der Waals surface area contributed by atoms with Gasteiger partial charge in [-0.3, -0.25) is 14.6 Å². The summed E-state index contributed by atoms with van der Waals surface area (Å²) in [5.74, 6) is -0.788. The molecule has 1 aliphatic rings. The molecule has 4 N–H and O–H groups in total. The second-order valence-corrected chi connectivity index (χ2v) is 4.30. The summed E-state index contributed by atoms with van der Waals surface area (Å²) < 4.78 is 0. The Kier molecular flexibility index (Phi) is 5.72. The maximum Gasteiger partial charge on any atom is 0.269 e. The highest BCUT2D eigenvalue weighted by Gasteiger charge is 2.15. The van der Waals surface area contributed by atoms with Crippen molar-refractivity contribution in [3.05, 3.63) is 29.6 Å². The van der Waals surface area contributed by atoms with Crippen LogP contribution in [0.25, 0.3) is 0 Å².